The number of carbonyl (C=O) groups excluding carboxylic acids is 2. The van der Waals surface area contributed by atoms with Gasteiger partial charge in [-0.05, 0) is 77.9 Å². The van der Waals surface area contributed by atoms with Gasteiger partial charge in [0, 0.05) is 47.7 Å². The van der Waals surface area contributed by atoms with Gasteiger partial charge in [-0.15, -0.1) is 0 Å². The summed E-state index contributed by atoms with van der Waals surface area (Å²) in [5.74, 6) is -0.603. The third kappa shape index (κ3) is 8.49. The maximum absolute atomic E-state index is 14.1. The van der Waals surface area contributed by atoms with Crippen LogP contribution in [-0.4, -0.2) is 42.5 Å². The number of hydrogen-bond donors (Lipinski definition) is 1. The van der Waals surface area contributed by atoms with Crippen molar-refractivity contribution < 1.29 is 18.0 Å². The van der Waals surface area contributed by atoms with Crippen molar-refractivity contribution in [1.82, 2.24) is 14.5 Å². The van der Waals surface area contributed by atoms with E-state index in [1.807, 2.05) is 42.5 Å². The molecule has 1 saturated heterocycles. The molecule has 0 aromatic heterocycles. The first-order valence-corrected chi connectivity index (χ1v) is 17.6. The molecule has 1 aliphatic rings. The van der Waals surface area contributed by atoms with Crippen LogP contribution in [0, 0.1) is 0 Å². The van der Waals surface area contributed by atoms with E-state index in [0.29, 0.717) is 45.7 Å². The molecule has 240 valence electrons. The molecule has 0 aliphatic carbocycles. The molecule has 5 rings (SSSR count). The van der Waals surface area contributed by atoms with Gasteiger partial charge in [0.05, 0.1) is 4.90 Å². The fraction of sp³-hybridized carbons (Fsp3) is 0.257. The molecule has 1 aliphatic heterocycles. The first-order valence-electron chi connectivity index (χ1n) is 15.0. The number of rotatable bonds is 12. The van der Waals surface area contributed by atoms with E-state index in [4.69, 9.17) is 34.8 Å². The van der Waals surface area contributed by atoms with Gasteiger partial charge >= 0.3 is 0 Å². The summed E-state index contributed by atoms with van der Waals surface area (Å²) in [7, 11) is -3.53. The Bertz CT molecular complexity index is 1760. The van der Waals surface area contributed by atoms with Gasteiger partial charge in [-0.2, -0.15) is 4.31 Å². The van der Waals surface area contributed by atoms with Crippen molar-refractivity contribution in [3.05, 3.63) is 134 Å². The average molecular weight is 699 g/mol. The van der Waals surface area contributed by atoms with E-state index in [-0.39, 0.29) is 36.2 Å². The van der Waals surface area contributed by atoms with Gasteiger partial charge in [0.25, 0.3) is 0 Å². The molecule has 4 aromatic carbocycles. The van der Waals surface area contributed by atoms with Crippen LogP contribution in [0.15, 0.2) is 102 Å². The topological polar surface area (TPSA) is 86.8 Å². The number of halogens is 3. The molecule has 46 heavy (non-hydrogen) atoms. The third-order valence-electron chi connectivity index (χ3n) is 7.98. The van der Waals surface area contributed by atoms with Crippen LogP contribution in [0.2, 0.25) is 15.1 Å². The Balaban J connectivity index is 1.38. The minimum Gasteiger partial charge on any atom is -0.350 e. The SMILES string of the molecule is O=C(NCc1ccc(Cl)cc1Cl)[C@H](c1ccccc1)N(Cc1ccc(Cl)cc1)C(=O)CCc1ccc(S(=O)(=O)N2CCCC2)cc1. The van der Waals surface area contributed by atoms with Crippen LogP contribution in [0.5, 0.6) is 0 Å². The Morgan fingerprint density at radius 3 is 2.09 bits per heavy atom. The summed E-state index contributed by atoms with van der Waals surface area (Å²) in [6.45, 7) is 1.38. The smallest absolute Gasteiger partial charge is 0.247 e. The number of nitrogens with one attached hydrogen (secondary N) is 1. The van der Waals surface area contributed by atoms with Gasteiger partial charge in [0.1, 0.15) is 6.04 Å². The zero-order valence-electron chi connectivity index (χ0n) is 25.0. The van der Waals surface area contributed by atoms with Gasteiger partial charge in [0.15, 0.2) is 0 Å². The predicted octanol–water partition coefficient (Wildman–Crippen LogP) is 7.45. The van der Waals surface area contributed by atoms with Crippen LogP contribution in [-0.2, 0) is 39.1 Å². The monoisotopic (exact) mass is 697 g/mol. The molecule has 0 unspecified atom stereocenters. The molecular weight excluding hydrogens is 665 g/mol. The number of aryl methyl sites for hydroxylation is 1. The van der Waals surface area contributed by atoms with E-state index in [1.165, 1.54) is 4.31 Å². The summed E-state index contributed by atoms with van der Waals surface area (Å²) in [4.78, 5) is 29.8. The molecular formula is C35H34Cl3N3O4S. The van der Waals surface area contributed by atoms with Gasteiger partial charge in [-0.1, -0.05) is 95.5 Å². The predicted molar refractivity (Wildman–Crippen MR) is 182 cm³/mol. The molecule has 0 saturated carbocycles. The van der Waals surface area contributed by atoms with Gasteiger partial charge in [0.2, 0.25) is 21.8 Å². The van der Waals surface area contributed by atoms with Crippen LogP contribution in [0.3, 0.4) is 0 Å². The lowest BCUT2D eigenvalue weighted by Crippen LogP contribution is -2.43. The summed E-state index contributed by atoms with van der Waals surface area (Å²) < 4.78 is 27.4. The van der Waals surface area contributed by atoms with E-state index < -0.39 is 16.1 Å². The minimum absolute atomic E-state index is 0.103. The molecule has 1 N–H and O–H groups in total. The Hall–Kier alpha value is -3.40. The number of sulfonamides is 1. The molecule has 7 nitrogen and oxygen atoms in total. The largest absolute Gasteiger partial charge is 0.350 e. The van der Waals surface area contributed by atoms with Crippen LogP contribution in [0.25, 0.3) is 0 Å². The summed E-state index contributed by atoms with van der Waals surface area (Å²) >= 11 is 18.5. The number of nitrogens with zero attached hydrogens (tertiary/aromatic N) is 2. The first kappa shape index (κ1) is 33.9. The summed E-state index contributed by atoms with van der Waals surface area (Å²) in [5.41, 5.74) is 2.97. The highest BCUT2D eigenvalue weighted by Gasteiger charge is 2.32. The zero-order valence-corrected chi connectivity index (χ0v) is 28.1. The highest BCUT2D eigenvalue weighted by molar-refractivity contribution is 7.89. The van der Waals surface area contributed by atoms with Gasteiger partial charge < -0.3 is 10.2 Å². The number of amides is 2. The highest BCUT2D eigenvalue weighted by Crippen LogP contribution is 2.27. The van der Waals surface area contributed by atoms with E-state index >= 15 is 0 Å². The van der Waals surface area contributed by atoms with Gasteiger partial charge in [-0.3, -0.25) is 9.59 Å². The standard InChI is InChI=1S/C35H34Cl3N3O4S/c36-29-14-8-26(9-15-29)24-41(33(42)19-12-25-10-17-31(18-11-25)46(44,45)40-20-4-5-21-40)34(27-6-2-1-3-7-27)35(43)39-23-28-13-16-30(37)22-32(28)38/h1-3,6-11,13-18,22,34H,4-5,12,19-21,23-24H2,(H,39,43)/t34-/m0/s1. The van der Waals surface area contributed by atoms with Crippen molar-refractivity contribution in [2.24, 2.45) is 0 Å². The molecule has 2 amide bonds. The molecule has 1 fully saturated rings. The van der Waals surface area contributed by atoms with Crippen molar-refractivity contribution in [2.75, 3.05) is 13.1 Å². The van der Waals surface area contributed by atoms with Crippen molar-refractivity contribution in [1.29, 1.82) is 0 Å². The van der Waals surface area contributed by atoms with Crippen molar-refractivity contribution in [2.45, 2.75) is 49.7 Å². The van der Waals surface area contributed by atoms with E-state index in [1.54, 1.807) is 59.5 Å². The fourth-order valence-electron chi connectivity index (χ4n) is 5.46. The third-order valence-corrected chi connectivity index (χ3v) is 10.7. The number of carbonyl (C=O) groups is 2. The molecule has 1 heterocycles. The maximum atomic E-state index is 14.1. The van der Waals surface area contributed by atoms with E-state index in [0.717, 1.165) is 24.0 Å². The maximum Gasteiger partial charge on any atom is 0.247 e. The van der Waals surface area contributed by atoms with Crippen LogP contribution >= 0.6 is 34.8 Å². The Kier molecular flexibility index (Phi) is 11.4. The quantitative estimate of drug-likeness (QED) is 0.167. The van der Waals surface area contributed by atoms with E-state index in [9.17, 15) is 18.0 Å². The molecule has 4 aromatic rings. The Labute approximate surface area is 285 Å². The number of benzene rings is 4. The summed E-state index contributed by atoms with van der Waals surface area (Å²) in [6, 6.07) is 27.1. The van der Waals surface area contributed by atoms with Crippen molar-refractivity contribution in [3.8, 4) is 0 Å². The van der Waals surface area contributed by atoms with Crippen LogP contribution in [0.1, 0.15) is 47.6 Å². The van der Waals surface area contributed by atoms with Crippen LogP contribution < -0.4 is 5.32 Å². The van der Waals surface area contributed by atoms with Gasteiger partial charge in [-0.25, -0.2) is 8.42 Å². The first-order chi connectivity index (χ1) is 22.1. The Morgan fingerprint density at radius 2 is 1.43 bits per heavy atom. The second-order valence-electron chi connectivity index (χ2n) is 11.2. The van der Waals surface area contributed by atoms with E-state index in [2.05, 4.69) is 5.32 Å². The summed E-state index contributed by atoms with van der Waals surface area (Å²) in [6.07, 6.45) is 2.20. The lowest BCUT2D eigenvalue weighted by Gasteiger charge is -2.32. The second kappa shape index (κ2) is 15.5. The van der Waals surface area contributed by atoms with Crippen LogP contribution in [0.4, 0.5) is 0 Å². The fourth-order valence-corrected chi connectivity index (χ4v) is 7.58. The zero-order chi connectivity index (χ0) is 32.7. The lowest BCUT2D eigenvalue weighted by molar-refractivity contribution is -0.141. The normalized spacial score (nSPS) is 14.2. The van der Waals surface area contributed by atoms with Crippen molar-refractivity contribution >= 4 is 56.6 Å². The molecule has 0 spiro atoms. The molecule has 0 bridgehead atoms. The number of hydrogen-bond acceptors (Lipinski definition) is 4. The second-order valence-corrected chi connectivity index (χ2v) is 14.4. The highest BCUT2D eigenvalue weighted by atomic mass is 35.5. The lowest BCUT2D eigenvalue weighted by atomic mass is 10.0. The Morgan fingerprint density at radius 1 is 0.804 bits per heavy atom. The summed E-state index contributed by atoms with van der Waals surface area (Å²) in [5, 5.41) is 4.45. The van der Waals surface area contributed by atoms with Crippen molar-refractivity contribution in [3.63, 3.8) is 0 Å². The minimum atomic E-state index is -3.53. The average Bonchev–Trinajstić information content (AvgIpc) is 3.61. The molecule has 11 heteroatoms. The molecule has 0 radical (unpaired) electrons. The molecule has 1 atom stereocenters.